The van der Waals surface area contributed by atoms with Crippen LogP contribution < -0.4 is 0 Å². The first-order chi connectivity index (χ1) is 6.41. The molecule has 0 N–H and O–H groups in total. The van der Waals surface area contributed by atoms with Crippen molar-refractivity contribution in [1.82, 2.24) is 0 Å². The van der Waals surface area contributed by atoms with Gasteiger partial charge in [-0.3, -0.25) is 0 Å². The fraction of sp³-hybridized carbons (Fsp3) is 0.455. The average molecular weight is 186 g/mol. The standard InChI is InChI=1S/C11H16B2O/c1-11(2,3)9-7-13-5-4-8(9)6-10(12)14/h4-5,7H,6,12H2,1-3H3. The maximum absolute atomic E-state index is 11.1. The average Bonchev–Trinajstić information content (AvgIpc) is 2.01. The first-order valence-corrected chi connectivity index (χ1v) is 4.99. The molecule has 1 nitrogen and oxygen atoms in total. The molecule has 0 radical (unpaired) electrons. The van der Waals surface area contributed by atoms with Crippen LogP contribution in [0.25, 0.3) is 0 Å². The molecule has 14 heavy (non-hydrogen) atoms. The Hall–Kier alpha value is -0.850. The van der Waals surface area contributed by atoms with Gasteiger partial charge in [0, 0.05) is 0 Å². The first kappa shape index (κ1) is 11.2. The molecule has 3 heteroatoms. The third kappa shape index (κ3) is 2.83. The Labute approximate surface area is 87.5 Å². The van der Waals surface area contributed by atoms with Crippen LogP contribution in [0.1, 0.15) is 31.9 Å². The molecule has 0 aliphatic carbocycles. The van der Waals surface area contributed by atoms with Crippen molar-refractivity contribution < 1.29 is 4.79 Å². The molecule has 0 aliphatic heterocycles. The van der Waals surface area contributed by atoms with E-state index in [9.17, 15) is 4.79 Å². The molecule has 0 bridgehead atoms. The van der Waals surface area contributed by atoms with Crippen LogP contribution >= 0.6 is 0 Å². The van der Waals surface area contributed by atoms with Crippen LogP contribution in [0, 0.1) is 0 Å². The van der Waals surface area contributed by atoms with E-state index in [2.05, 4.69) is 26.7 Å². The molecule has 1 aromatic heterocycles. The number of carbonyl (C=O) groups excluding carboxylic acids is 1. The van der Waals surface area contributed by atoms with Crippen molar-refractivity contribution in [1.29, 1.82) is 0 Å². The summed E-state index contributed by atoms with van der Waals surface area (Å²) in [6.45, 7) is 8.55. The first-order valence-electron chi connectivity index (χ1n) is 4.99. The van der Waals surface area contributed by atoms with Gasteiger partial charge in [0.1, 0.15) is 0 Å². The van der Waals surface area contributed by atoms with Gasteiger partial charge in [-0.1, -0.05) is 0 Å². The quantitative estimate of drug-likeness (QED) is 0.630. The van der Waals surface area contributed by atoms with Gasteiger partial charge >= 0.3 is 87.0 Å². The van der Waals surface area contributed by atoms with Crippen molar-refractivity contribution in [3.8, 4) is 0 Å². The molecule has 1 aromatic rings. The Morgan fingerprint density at radius 1 is 1.50 bits per heavy atom. The van der Waals surface area contributed by atoms with Gasteiger partial charge in [0.15, 0.2) is 0 Å². The molecule has 72 valence electrons. The molecule has 1 heterocycles. The van der Waals surface area contributed by atoms with Crippen LogP contribution in [0.4, 0.5) is 0 Å². The van der Waals surface area contributed by atoms with E-state index in [0.29, 0.717) is 6.42 Å². The maximum atomic E-state index is 11.1. The zero-order chi connectivity index (χ0) is 10.8. The predicted molar refractivity (Wildman–Crippen MR) is 63.7 cm³/mol. The van der Waals surface area contributed by atoms with E-state index in [4.69, 9.17) is 0 Å². The fourth-order valence-corrected chi connectivity index (χ4v) is 1.67. The molecule has 0 aliphatic rings. The molecule has 1 rings (SSSR count). The molecule has 0 amide bonds. The van der Waals surface area contributed by atoms with Gasteiger partial charge in [0.2, 0.25) is 0 Å². The number of hydrogen-bond acceptors (Lipinski definition) is 1. The van der Waals surface area contributed by atoms with E-state index in [-0.39, 0.29) is 11.1 Å². The minimum atomic E-state index is 0.117. The zero-order valence-corrected chi connectivity index (χ0v) is 9.42. The molecule has 0 unspecified atom stereocenters. The Bertz CT molecular complexity index is 339. The molecule has 0 atom stereocenters. The molecular weight excluding hydrogens is 170 g/mol. The Morgan fingerprint density at radius 3 is 2.64 bits per heavy atom. The zero-order valence-electron chi connectivity index (χ0n) is 9.42. The molecule has 0 fully saturated rings. The van der Waals surface area contributed by atoms with Gasteiger partial charge in [-0.25, -0.2) is 0 Å². The number of rotatable bonds is 2. The van der Waals surface area contributed by atoms with Crippen molar-refractivity contribution in [2.24, 2.45) is 0 Å². The summed E-state index contributed by atoms with van der Waals surface area (Å²) in [4.78, 5) is 11.1. The third-order valence-corrected chi connectivity index (χ3v) is 2.26. The summed E-state index contributed by atoms with van der Waals surface area (Å²) in [6, 6.07) is 2.04. The van der Waals surface area contributed by atoms with Crippen molar-refractivity contribution >= 4 is 20.4 Å². The third-order valence-electron chi connectivity index (χ3n) is 2.26. The van der Waals surface area contributed by atoms with Gasteiger partial charge in [0.25, 0.3) is 0 Å². The summed E-state index contributed by atoms with van der Waals surface area (Å²) in [5, 5.41) is 0. The topological polar surface area (TPSA) is 17.1 Å². The number of hydrogen-bond donors (Lipinski definition) is 0. The summed E-state index contributed by atoms with van der Waals surface area (Å²) >= 11 is 0. The number of carbonyl (C=O) groups is 1. The Balaban J connectivity index is 3.10. The van der Waals surface area contributed by atoms with Crippen molar-refractivity contribution in [3.63, 3.8) is 0 Å². The monoisotopic (exact) mass is 186 g/mol. The SMILES string of the molecule is BC(=O)Cc1ccbcc1C(C)(C)C. The summed E-state index contributed by atoms with van der Waals surface area (Å²) < 4.78 is 0. The van der Waals surface area contributed by atoms with Gasteiger partial charge in [-0.15, -0.1) is 0 Å². The van der Waals surface area contributed by atoms with Crippen molar-refractivity contribution in [2.75, 3.05) is 0 Å². The normalized spacial score (nSPS) is 11.1. The van der Waals surface area contributed by atoms with Crippen LogP contribution in [-0.4, -0.2) is 20.4 Å². The molecule has 0 saturated heterocycles. The molecule has 0 spiro atoms. The van der Waals surface area contributed by atoms with Crippen molar-refractivity contribution in [2.45, 2.75) is 32.6 Å². The van der Waals surface area contributed by atoms with E-state index in [1.165, 1.54) is 5.56 Å². The summed E-state index contributed by atoms with van der Waals surface area (Å²) in [5.74, 6) is 4.10. The van der Waals surface area contributed by atoms with Gasteiger partial charge in [0.05, 0.1) is 0 Å². The molecular formula is C11H16B2O. The van der Waals surface area contributed by atoms with Gasteiger partial charge in [-0.2, -0.15) is 0 Å². The summed E-state index contributed by atoms with van der Waals surface area (Å²) in [6.07, 6.45) is 0.549. The second-order valence-corrected chi connectivity index (χ2v) is 4.79. The van der Waals surface area contributed by atoms with Gasteiger partial charge in [-0.05, 0) is 0 Å². The van der Waals surface area contributed by atoms with Crippen LogP contribution in [0.2, 0.25) is 0 Å². The van der Waals surface area contributed by atoms with Crippen LogP contribution in [0.5, 0.6) is 0 Å². The van der Waals surface area contributed by atoms with E-state index < -0.39 is 0 Å². The van der Waals surface area contributed by atoms with E-state index in [1.807, 2.05) is 18.9 Å². The second kappa shape index (κ2) is 4.12. The Morgan fingerprint density at radius 2 is 2.14 bits per heavy atom. The second-order valence-electron chi connectivity index (χ2n) is 4.79. The van der Waals surface area contributed by atoms with Crippen LogP contribution in [0.3, 0.4) is 0 Å². The van der Waals surface area contributed by atoms with E-state index >= 15 is 0 Å². The van der Waals surface area contributed by atoms with Gasteiger partial charge < -0.3 is 0 Å². The predicted octanol–water partition coefficient (Wildman–Crippen LogP) is 1.02. The fourth-order valence-electron chi connectivity index (χ4n) is 1.67. The summed E-state index contributed by atoms with van der Waals surface area (Å²) in [7, 11) is 1.64. The molecule has 0 aromatic carbocycles. The van der Waals surface area contributed by atoms with Crippen LogP contribution in [-0.2, 0) is 16.6 Å². The van der Waals surface area contributed by atoms with Crippen molar-refractivity contribution in [3.05, 3.63) is 29.1 Å². The Kier molecular flexibility index (Phi) is 3.30. The summed E-state index contributed by atoms with van der Waals surface area (Å²) in [5.41, 5.74) is 2.77. The van der Waals surface area contributed by atoms with E-state index in [1.54, 1.807) is 7.85 Å². The molecule has 0 saturated carbocycles. The van der Waals surface area contributed by atoms with E-state index in [0.717, 1.165) is 5.56 Å². The minimum absolute atomic E-state index is 0.117. The van der Waals surface area contributed by atoms with Crippen LogP contribution in [0.15, 0.2) is 18.0 Å².